The maximum Gasteiger partial charge on any atom is 0.351 e. The largest absolute Gasteiger partial charge is 0.478 e. The van der Waals surface area contributed by atoms with E-state index in [-0.39, 0.29) is 30.0 Å². The van der Waals surface area contributed by atoms with Gasteiger partial charge in [-0.3, -0.25) is 4.57 Å². The lowest BCUT2D eigenvalue weighted by molar-refractivity contribution is -0.0555. The van der Waals surface area contributed by atoms with E-state index in [0.717, 1.165) is 0 Å². The number of aromatic nitrogens is 2. The third-order valence-corrected chi connectivity index (χ3v) is 4.52. The van der Waals surface area contributed by atoms with Gasteiger partial charge in [0, 0.05) is 12.6 Å². The Balaban J connectivity index is 1.88. The second-order valence-corrected chi connectivity index (χ2v) is 6.62. The van der Waals surface area contributed by atoms with Gasteiger partial charge in [0.25, 0.3) is 0 Å². The molecule has 0 aliphatic carbocycles. The number of nitrogen functional groups attached to an aromatic ring is 1. The van der Waals surface area contributed by atoms with Gasteiger partial charge >= 0.3 is 17.6 Å². The van der Waals surface area contributed by atoms with Crippen molar-refractivity contribution in [2.24, 2.45) is 0 Å². The summed E-state index contributed by atoms with van der Waals surface area (Å²) in [6, 6.07) is 7.13. The number of anilines is 1. The summed E-state index contributed by atoms with van der Waals surface area (Å²) in [5, 5.41) is 9.26. The summed E-state index contributed by atoms with van der Waals surface area (Å²) in [5.74, 6) is -2.03. The van der Waals surface area contributed by atoms with Crippen LogP contribution in [0.4, 0.5) is 5.82 Å². The number of hydrogen-bond donors (Lipinski definition) is 2. The molecule has 0 radical (unpaired) electrons. The van der Waals surface area contributed by atoms with E-state index in [1.807, 2.05) is 0 Å². The van der Waals surface area contributed by atoms with Gasteiger partial charge in [-0.15, -0.1) is 0 Å². The fraction of sp³-hybridized carbons (Fsp3) is 0.294. The number of benzene rings is 1. The minimum atomic E-state index is -1.25. The van der Waals surface area contributed by atoms with Crippen LogP contribution in [0.1, 0.15) is 33.4 Å². The van der Waals surface area contributed by atoms with Crippen LogP contribution >= 0.6 is 23.0 Å². The van der Waals surface area contributed by atoms with E-state index in [2.05, 4.69) is 4.98 Å². The standard InChI is InChI=1S/C17H16IN3O7/c18-26-8-9-7-12(14(27-9)21-6-5-13(19)20-17(21)25)28-16(24)11-4-2-1-3-10(11)15(22)23/h1-6,9,12,14H,7-8H2,(H,22,23)(H2,19,20,25)/t9-,12+,14+/m0/s1. The zero-order valence-electron chi connectivity index (χ0n) is 14.4. The van der Waals surface area contributed by atoms with Crippen LogP contribution in [0.3, 0.4) is 0 Å². The summed E-state index contributed by atoms with van der Waals surface area (Å²) in [4.78, 5) is 39.8. The van der Waals surface area contributed by atoms with E-state index < -0.39 is 36.1 Å². The van der Waals surface area contributed by atoms with Crippen LogP contribution in [0.5, 0.6) is 0 Å². The van der Waals surface area contributed by atoms with E-state index in [1.165, 1.54) is 41.1 Å². The number of carboxylic acids is 1. The van der Waals surface area contributed by atoms with Crippen molar-refractivity contribution in [2.75, 3.05) is 12.3 Å². The Morgan fingerprint density at radius 3 is 2.68 bits per heavy atom. The molecule has 0 unspecified atom stereocenters. The highest BCUT2D eigenvalue weighted by molar-refractivity contribution is 14.1. The number of esters is 1. The first-order valence-electron chi connectivity index (χ1n) is 8.17. The van der Waals surface area contributed by atoms with Crippen LogP contribution in [0.25, 0.3) is 0 Å². The second kappa shape index (κ2) is 8.67. The molecule has 1 aromatic carbocycles. The Morgan fingerprint density at radius 1 is 1.32 bits per heavy atom. The molecule has 3 N–H and O–H groups in total. The highest BCUT2D eigenvalue weighted by atomic mass is 127. The van der Waals surface area contributed by atoms with Crippen molar-refractivity contribution in [1.29, 1.82) is 0 Å². The first kappa shape index (κ1) is 20.2. The highest BCUT2D eigenvalue weighted by Gasteiger charge is 2.40. The van der Waals surface area contributed by atoms with Gasteiger partial charge in [-0.05, 0) is 18.2 Å². The fourth-order valence-electron chi connectivity index (χ4n) is 2.91. The van der Waals surface area contributed by atoms with Crippen LogP contribution in [0.2, 0.25) is 0 Å². The predicted octanol–water partition coefficient (Wildman–Crippen LogP) is 1.40. The molecule has 1 saturated heterocycles. The zero-order valence-corrected chi connectivity index (χ0v) is 16.5. The maximum atomic E-state index is 12.6. The van der Waals surface area contributed by atoms with Crippen molar-refractivity contribution in [3.8, 4) is 0 Å². The molecule has 10 nitrogen and oxygen atoms in total. The summed E-state index contributed by atoms with van der Waals surface area (Å²) in [5.41, 5.74) is 4.58. The number of carbonyl (C=O) groups excluding carboxylic acids is 1. The van der Waals surface area contributed by atoms with E-state index in [4.69, 9.17) is 18.3 Å². The molecule has 0 saturated carbocycles. The van der Waals surface area contributed by atoms with Crippen LogP contribution < -0.4 is 11.4 Å². The molecule has 148 valence electrons. The van der Waals surface area contributed by atoms with E-state index in [0.29, 0.717) is 0 Å². The van der Waals surface area contributed by atoms with Gasteiger partial charge in [-0.25, -0.2) is 14.4 Å². The Labute approximate surface area is 172 Å². The van der Waals surface area contributed by atoms with Crippen LogP contribution in [0.15, 0.2) is 41.3 Å². The van der Waals surface area contributed by atoms with Gasteiger partial charge < -0.3 is 23.4 Å². The van der Waals surface area contributed by atoms with Gasteiger partial charge in [0.1, 0.15) is 34.9 Å². The van der Waals surface area contributed by atoms with Crippen LogP contribution in [-0.4, -0.2) is 45.4 Å². The number of rotatable bonds is 6. The third-order valence-electron chi connectivity index (χ3n) is 4.16. The second-order valence-electron chi connectivity index (χ2n) is 6.00. The number of ether oxygens (including phenoxy) is 2. The minimum absolute atomic E-state index is 0.0512. The van der Waals surface area contributed by atoms with Gasteiger partial charge in [-0.1, -0.05) is 12.1 Å². The molecule has 0 spiro atoms. The number of carbonyl (C=O) groups is 2. The molecule has 1 aromatic heterocycles. The average Bonchev–Trinajstić information content (AvgIpc) is 3.04. The van der Waals surface area contributed by atoms with Gasteiger partial charge in [-0.2, -0.15) is 4.98 Å². The quantitative estimate of drug-likeness (QED) is 0.444. The molecule has 11 heteroatoms. The van der Waals surface area contributed by atoms with Gasteiger partial charge in [0.2, 0.25) is 0 Å². The molecule has 0 amide bonds. The summed E-state index contributed by atoms with van der Waals surface area (Å²) < 4.78 is 17.5. The minimum Gasteiger partial charge on any atom is -0.478 e. The first-order chi connectivity index (χ1) is 13.4. The maximum absolute atomic E-state index is 12.6. The fourth-order valence-corrected chi connectivity index (χ4v) is 3.31. The summed E-state index contributed by atoms with van der Waals surface area (Å²) in [6.07, 6.45) is -0.578. The highest BCUT2D eigenvalue weighted by Crippen LogP contribution is 2.32. The van der Waals surface area contributed by atoms with Crippen LogP contribution in [-0.2, 0) is 12.5 Å². The van der Waals surface area contributed by atoms with Gasteiger partial charge in [0.15, 0.2) is 6.23 Å². The number of nitrogens with two attached hydrogens (primary N) is 1. The molecule has 1 fully saturated rings. The van der Waals surface area contributed by atoms with Crippen molar-refractivity contribution in [3.05, 3.63) is 58.1 Å². The normalized spacial score (nSPS) is 21.4. The summed E-state index contributed by atoms with van der Waals surface area (Å²) in [6.45, 7) is 0.216. The summed E-state index contributed by atoms with van der Waals surface area (Å²) >= 11 is 1.71. The molecule has 0 bridgehead atoms. The Morgan fingerprint density at radius 2 is 2.04 bits per heavy atom. The van der Waals surface area contributed by atoms with Crippen molar-refractivity contribution in [3.63, 3.8) is 0 Å². The van der Waals surface area contributed by atoms with E-state index >= 15 is 0 Å². The lowest BCUT2D eigenvalue weighted by Crippen LogP contribution is -2.34. The Hall–Kier alpha value is -2.51. The number of carboxylic acid groups (broad SMARTS) is 1. The van der Waals surface area contributed by atoms with Crippen molar-refractivity contribution in [1.82, 2.24) is 9.55 Å². The molecule has 1 aliphatic heterocycles. The molecule has 1 aliphatic rings. The van der Waals surface area contributed by atoms with Gasteiger partial charge in [0.05, 0.1) is 23.8 Å². The zero-order chi connectivity index (χ0) is 20.3. The van der Waals surface area contributed by atoms with E-state index in [9.17, 15) is 19.5 Å². The van der Waals surface area contributed by atoms with Crippen molar-refractivity contribution < 1.29 is 27.2 Å². The lowest BCUT2D eigenvalue weighted by Gasteiger charge is -2.21. The average molecular weight is 501 g/mol. The Kier molecular flexibility index (Phi) is 6.26. The SMILES string of the molecule is Nc1ccn([C@@H]2O[C@H](COI)C[C@H]2OC(=O)c2ccccc2C(=O)O)c(=O)n1. The smallest absolute Gasteiger partial charge is 0.351 e. The third kappa shape index (κ3) is 4.31. The molecule has 2 heterocycles. The van der Waals surface area contributed by atoms with Crippen LogP contribution in [0, 0.1) is 0 Å². The molecule has 3 atom stereocenters. The molecule has 3 rings (SSSR count). The number of aromatic carboxylic acids is 1. The number of hydrogen-bond acceptors (Lipinski definition) is 8. The molecule has 2 aromatic rings. The van der Waals surface area contributed by atoms with E-state index in [1.54, 1.807) is 23.0 Å². The Bertz CT molecular complexity index is 948. The molecular weight excluding hydrogens is 485 g/mol. The number of halogens is 1. The molecule has 28 heavy (non-hydrogen) atoms. The van der Waals surface area contributed by atoms with Crippen molar-refractivity contribution >= 4 is 40.8 Å². The topological polar surface area (TPSA) is 143 Å². The summed E-state index contributed by atoms with van der Waals surface area (Å²) in [7, 11) is 0. The number of nitrogens with zero attached hydrogens (tertiary/aromatic N) is 2. The molecular formula is C17H16IN3O7. The first-order valence-corrected chi connectivity index (χ1v) is 9.05. The van der Waals surface area contributed by atoms with Crippen molar-refractivity contribution in [2.45, 2.75) is 24.9 Å². The lowest BCUT2D eigenvalue weighted by atomic mass is 10.1. The monoisotopic (exact) mass is 501 g/mol. The predicted molar refractivity (Wildman–Crippen MR) is 104 cm³/mol.